The van der Waals surface area contributed by atoms with Gasteiger partial charge in [0.15, 0.2) is 5.69 Å². The third kappa shape index (κ3) is 4.10. The molecular formula is C23H24N4O3. The molecule has 30 heavy (non-hydrogen) atoms. The maximum Gasteiger partial charge on any atom is 0.357 e. The number of aromatic nitrogens is 3. The van der Waals surface area contributed by atoms with E-state index in [9.17, 15) is 9.59 Å². The lowest BCUT2D eigenvalue weighted by molar-refractivity contribution is 0.0516. The van der Waals surface area contributed by atoms with Crippen molar-refractivity contribution in [2.24, 2.45) is 0 Å². The standard InChI is InChI=1S/C23H24N4O3/c1-4-10-16(5-2)14-27-21(24)18-15-26(13-17-11-8-7-9-12-17)20(22(28)30-6-3)19(18)25-23(27)29/h4-5,7-12,15,24H,1-2,6,13-14H2,3H3,(H,25,29)/b16-10+,24-21?. The van der Waals surface area contributed by atoms with Gasteiger partial charge in [0.1, 0.15) is 5.49 Å². The van der Waals surface area contributed by atoms with Gasteiger partial charge in [0.2, 0.25) is 0 Å². The summed E-state index contributed by atoms with van der Waals surface area (Å²) in [5, 5.41) is 9.06. The van der Waals surface area contributed by atoms with Crippen molar-refractivity contribution in [3.8, 4) is 0 Å². The Labute approximate surface area is 173 Å². The topological polar surface area (TPSA) is 92.9 Å². The minimum absolute atomic E-state index is 0.00271. The fraction of sp³-hybridized carbons (Fsp3) is 0.174. The number of aromatic amines is 1. The monoisotopic (exact) mass is 404 g/mol. The number of benzene rings is 1. The van der Waals surface area contributed by atoms with Gasteiger partial charge in [-0.1, -0.05) is 61.7 Å². The minimum atomic E-state index is -0.547. The van der Waals surface area contributed by atoms with Crippen LogP contribution in [0, 0.1) is 5.41 Å². The van der Waals surface area contributed by atoms with Gasteiger partial charge in [0, 0.05) is 12.7 Å². The molecule has 2 N–H and O–H groups in total. The van der Waals surface area contributed by atoms with Gasteiger partial charge in [-0.05, 0) is 18.1 Å². The number of hydrogen-bond donors (Lipinski definition) is 2. The third-order valence-electron chi connectivity index (χ3n) is 4.68. The van der Waals surface area contributed by atoms with Crippen LogP contribution in [0.3, 0.4) is 0 Å². The number of esters is 1. The Balaban J connectivity index is 2.21. The smallest absolute Gasteiger partial charge is 0.357 e. The number of allylic oxidation sites excluding steroid dienone is 4. The molecule has 2 aromatic heterocycles. The zero-order chi connectivity index (χ0) is 21.7. The number of carbonyl (C=O) groups is 1. The van der Waals surface area contributed by atoms with E-state index in [-0.39, 0.29) is 24.3 Å². The second-order valence-electron chi connectivity index (χ2n) is 6.65. The van der Waals surface area contributed by atoms with Gasteiger partial charge in [0.25, 0.3) is 0 Å². The zero-order valence-corrected chi connectivity index (χ0v) is 16.9. The summed E-state index contributed by atoms with van der Waals surface area (Å²) in [6.45, 7) is 9.89. The van der Waals surface area contributed by atoms with Crippen LogP contribution in [0.1, 0.15) is 23.0 Å². The molecule has 0 aliphatic rings. The second kappa shape index (κ2) is 9.09. The molecule has 0 atom stereocenters. The van der Waals surface area contributed by atoms with Crippen LogP contribution >= 0.6 is 0 Å². The Kier molecular flexibility index (Phi) is 6.32. The molecule has 3 rings (SSSR count). The molecule has 0 spiro atoms. The van der Waals surface area contributed by atoms with E-state index in [2.05, 4.69) is 18.1 Å². The predicted octanol–water partition coefficient (Wildman–Crippen LogP) is 3.13. The Hall–Kier alpha value is -3.87. The largest absolute Gasteiger partial charge is 0.461 e. The van der Waals surface area contributed by atoms with E-state index in [4.69, 9.17) is 10.1 Å². The number of nitrogens with zero attached hydrogens (tertiary/aromatic N) is 2. The van der Waals surface area contributed by atoms with Gasteiger partial charge >= 0.3 is 11.7 Å². The number of fused-ring (bicyclic) bond motifs is 1. The molecular weight excluding hydrogens is 380 g/mol. The summed E-state index contributed by atoms with van der Waals surface area (Å²) in [4.78, 5) is 28.2. The first-order valence-electron chi connectivity index (χ1n) is 9.55. The van der Waals surface area contributed by atoms with Gasteiger partial charge in [-0.2, -0.15) is 0 Å². The van der Waals surface area contributed by atoms with Crippen molar-refractivity contribution in [2.75, 3.05) is 6.61 Å². The summed E-state index contributed by atoms with van der Waals surface area (Å²) in [6.07, 6.45) is 6.65. The number of H-pyrrole nitrogens is 1. The average molecular weight is 404 g/mol. The van der Waals surface area contributed by atoms with Crippen molar-refractivity contribution >= 4 is 16.9 Å². The van der Waals surface area contributed by atoms with Crippen LogP contribution in [0.2, 0.25) is 0 Å². The highest BCUT2D eigenvalue weighted by Gasteiger charge is 2.21. The highest BCUT2D eigenvalue weighted by Crippen LogP contribution is 2.19. The SMILES string of the molecule is C=C/C=C(\C=C)Cn1c(=O)[nH]c2c(C(=O)OCC)n(Cc3ccccc3)cc2c1=N. The first-order chi connectivity index (χ1) is 14.5. The van der Waals surface area contributed by atoms with E-state index in [0.29, 0.717) is 17.4 Å². The second-order valence-corrected chi connectivity index (χ2v) is 6.65. The number of ether oxygens (including phenoxy) is 1. The molecule has 7 nitrogen and oxygen atoms in total. The molecule has 154 valence electrons. The van der Waals surface area contributed by atoms with Crippen LogP contribution in [0.15, 0.2) is 78.3 Å². The van der Waals surface area contributed by atoms with Gasteiger partial charge in [-0.3, -0.25) is 9.98 Å². The minimum Gasteiger partial charge on any atom is -0.461 e. The maximum atomic E-state index is 12.7. The molecule has 0 radical (unpaired) electrons. The molecule has 7 heteroatoms. The fourth-order valence-corrected chi connectivity index (χ4v) is 3.28. The molecule has 0 bridgehead atoms. The first-order valence-corrected chi connectivity index (χ1v) is 9.55. The lowest BCUT2D eigenvalue weighted by Crippen LogP contribution is -2.35. The molecule has 1 aromatic carbocycles. The number of hydrogen-bond acceptors (Lipinski definition) is 4. The summed E-state index contributed by atoms with van der Waals surface area (Å²) < 4.78 is 8.22. The Morgan fingerprint density at radius 1 is 1.27 bits per heavy atom. The van der Waals surface area contributed by atoms with Crippen molar-refractivity contribution in [3.05, 3.63) is 101 Å². The van der Waals surface area contributed by atoms with Gasteiger partial charge in [0.05, 0.1) is 24.1 Å². The Morgan fingerprint density at radius 3 is 2.63 bits per heavy atom. The summed E-state index contributed by atoms with van der Waals surface area (Å²) in [5.41, 5.74) is 1.74. The van der Waals surface area contributed by atoms with Crippen LogP contribution in [-0.2, 0) is 17.8 Å². The lowest BCUT2D eigenvalue weighted by atomic mass is 10.2. The molecule has 0 fully saturated rings. The molecule has 0 amide bonds. The van der Waals surface area contributed by atoms with Gasteiger partial charge in [-0.25, -0.2) is 9.59 Å². The Morgan fingerprint density at radius 2 is 2.00 bits per heavy atom. The maximum absolute atomic E-state index is 12.7. The third-order valence-corrected chi connectivity index (χ3v) is 4.68. The lowest BCUT2D eigenvalue weighted by Gasteiger charge is -2.09. The normalized spacial score (nSPS) is 11.4. The van der Waals surface area contributed by atoms with E-state index in [1.807, 2.05) is 30.3 Å². The van der Waals surface area contributed by atoms with E-state index in [0.717, 1.165) is 11.1 Å². The first kappa shape index (κ1) is 20.9. The van der Waals surface area contributed by atoms with Crippen molar-refractivity contribution in [1.29, 1.82) is 5.41 Å². The van der Waals surface area contributed by atoms with Crippen LogP contribution in [0.4, 0.5) is 0 Å². The highest BCUT2D eigenvalue weighted by atomic mass is 16.5. The Bertz CT molecular complexity index is 1240. The van der Waals surface area contributed by atoms with E-state index >= 15 is 0 Å². The fourth-order valence-electron chi connectivity index (χ4n) is 3.28. The van der Waals surface area contributed by atoms with Gasteiger partial charge < -0.3 is 14.3 Å². The molecule has 0 aliphatic heterocycles. The van der Waals surface area contributed by atoms with E-state index in [1.165, 1.54) is 4.57 Å². The summed E-state index contributed by atoms with van der Waals surface area (Å²) in [6, 6.07) is 9.63. The average Bonchev–Trinajstić information content (AvgIpc) is 3.09. The molecule has 0 unspecified atom stereocenters. The molecule has 3 aromatic rings. The van der Waals surface area contributed by atoms with Crippen molar-refractivity contribution in [1.82, 2.24) is 14.1 Å². The molecule has 0 saturated heterocycles. The van der Waals surface area contributed by atoms with E-state index in [1.54, 1.807) is 35.9 Å². The van der Waals surface area contributed by atoms with Crippen molar-refractivity contribution < 1.29 is 9.53 Å². The number of carbonyl (C=O) groups excluding carboxylic acids is 1. The summed E-state index contributed by atoms with van der Waals surface area (Å²) >= 11 is 0. The van der Waals surface area contributed by atoms with E-state index < -0.39 is 11.7 Å². The zero-order valence-electron chi connectivity index (χ0n) is 16.9. The highest BCUT2D eigenvalue weighted by molar-refractivity contribution is 6.01. The van der Waals surface area contributed by atoms with Crippen LogP contribution < -0.4 is 11.2 Å². The predicted molar refractivity (Wildman–Crippen MR) is 116 cm³/mol. The summed E-state index contributed by atoms with van der Waals surface area (Å²) in [5.74, 6) is -0.547. The van der Waals surface area contributed by atoms with Crippen molar-refractivity contribution in [2.45, 2.75) is 20.0 Å². The molecule has 0 aliphatic carbocycles. The van der Waals surface area contributed by atoms with Gasteiger partial charge in [-0.15, -0.1) is 0 Å². The number of nitrogens with one attached hydrogen (secondary N) is 2. The van der Waals surface area contributed by atoms with Crippen LogP contribution in [0.5, 0.6) is 0 Å². The number of rotatable bonds is 8. The van der Waals surface area contributed by atoms with Crippen LogP contribution in [-0.4, -0.2) is 26.7 Å². The molecule has 0 saturated carbocycles. The summed E-state index contributed by atoms with van der Waals surface area (Å²) in [7, 11) is 0. The molecule has 2 heterocycles. The van der Waals surface area contributed by atoms with Crippen LogP contribution in [0.25, 0.3) is 10.9 Å². The quantitative estimate of drug-likeness (QED) is 0.446. The van der Waals surface area contributed by atoms with Crippen molar-refractivity contribution in [3.63, 3.8) is 0 Å².